The molecule has 0 atom stereocenters. The summed E-state index contributed by atoms with van der Waals surface area (Å²) in [6.45, 7) is 0. The van der Waals surface area contributed by atoms with Gasteiger partial charge in [0, 0.05) is 0 Å². The fraction of sp³-hybridized carbons (Fsp3) is 0.0476. The van der Waals surface area contributed by atoms with Crippen molar-refractivity contribution in [2.75, 3.05) is 7.11 Å². The first-order valence-electron chi connectivity index (χ1n) is 8.29. The normalized spacial score (nSPS) is 12.3. The molecule has 0 spiro atoms. The quantitative estimate of drug-likeness (QED) is 0.452. The van der Waals surface area contributed by atoms with Crippen molar-refractivity contribution in [3.05, 3.63) is 90.0 Å². The van der Waals surface area contributed by atoms with E-state index in [4.69, 9.17) is 14.4 Å². The van der Waals surface area contributed by atoms with Gasteiger partial charge in [-0.05, 0) is 54.6 Å². The molecule has 0 fully saturated rings. The minimum atomic E-state index is -0.607. The van der Waals surface area contributed by atoms with Crippen LogP contribution in [0.1, 0.15) is 20.7 Å². The molecule has 0 radical (unpaired) electrons. The van der Waals surface area contributed by atoms with Crippen LogP contribution in [-0.2, 0) is 9.68 Å². The van der Waals surface area contributed by atoms with Crippen LogP contribution in [0.25, 0.3) is 0 Å². The average Bonchev–Trinajstić information content (AvgIpc) is 2.77. The van der Waals surface area contributed by atoms with Crippen LogP contribution in [0, 0.1) is 0 Å². The maximum Gasteiger partial charge on any atom is 0.365 e. The molecule has 0 aromatic heterocycles. The molecule has 7 nitrogen and oxygen atoms in total. The van der Waals surface area contributed by atoms with Gasteiger partial charge in [0.05, 0.1) is 18.2 Å². The minimum Gasteiger partial charge on any atom is -0.497 e. The Hall–Kier alpha value is -4.00. The van der Waals surface area contributed by atoms with Crippen molar-refractivity contribution in [3.8, 4) is 5.75 Å². The molecule has 0 heterocycles. The van der Waals surface area contributed by atoms with Crippen LogP contribution in [0.2, 0.25) is 0 Å². The zero-order valence-corrected chi connectivity index (χ0v) is 14.9. The number of ether oxygens (including phenoxy) is 1. The largest absolute Gasteiger partial charge is 0.497 e. The van der Waals surface area contributed by atoms with Crippen molar-refractivity contribution in [3.63, 3.8) is 0 Å². The third-order valence-corrected chi connectivity index (χ3v) is 3.63. The van der Waals surface area contributed by atoms with Crippen LogP contribution in [0.4, 0.5) is 0 Å². The molecule has 1 aliphatic rings. The molecule has 0 saturated heterocycles. The third kappa shape index (κ3) is 5.01. The van der Waals surface area contributed by atoms with E-state index in [1.165, 1.54) is 7.11 Å². The van der Waals surface area contributed by atoms with E-state index >= 15 is 0 Å². The zero-order valence-electron chi connectivity index (χ0n) is 14.9. The van der Waals surface area contributed by atoms with Crippen LogP contribution in [-0.4, -0.2) is 30.5 Å². The van der Waals surface area contributed by atoms with Crippen molar-refractivity contribution >= 4 is 23.4 Å². The van der Waals surface area contributed by atoms with Gasteiger partial charge in [-0.3, -0.25) is 0 Å². The number of rotatable bonds is 5. The number of methoxy groups -OCH3 is 1. The van der Waals surface area contributed by atoms with E-state index in [9.17, 15) is 9.59 Å². The second-order valence-electron chi connectivity index (χ2n) is 5.55. The molecule has 0 N–H and O–H groups in total. The van der Waals surface area contributed by atoms with E-state index in [2.05, 4.69) is 10.3 Å². The molecule has 0 saturated carbocycles. The highest BCUT2D eigenvalue weighted by Gasteiger charge is 2.10. The number of carbonyl (C=O) groups excluding carboxylic acids is 2. The summed E-state index contributed by atoms with van der Waals surface area (Å²) in [5.74, 6) is -0.614. The van der Waals surface area contributed by atoms with Gasteiger partial charge < -0.3 is 14.4 Å². The highest BCUT2D eigenvalue weighted by atomic mass is 16.7. The minimum absolute atomic E-state index is 0.322. The first kappa shape index (κ1) is 18.8. The van der Waals surface area contributed by atoms with Crippen LogP contribution in [0.3, 0.4) is 0 Å². The van der Waals surface area contributed by atoms with Crippen molar-refractivity contribution in [2.45, 2.75) is 0 Å². The summed E-state index contributed by atoms with van der Waals surface area (Å²) in [7, 11) is 1.51. The average molecular weight is 376 g/mol. The molecular weight excluding hydrogens is 360 g/mol. The molecule has 2 aromatic carbocycles. The van der Waals surface area contributed by atoms with Gasteiger partial charge in [0.2, 0.25) is 0 Å². The van der Waals surface area contributed by atoms with E-state index < -0.39 is 11.9 Å². The number of carbonyl (C=O) groups is 2. The van der Waals surface area contributed by atoms with Gasteiger partial charge in [0.25, 0.3) is 0 Å². The fourth-order valence-electron chi connectivity index (χ4n) is 2.19. The van der Waals surface area contributed by atoms with Gasteiger partial charge in [0.15, 0.2) is 0 Å². The number of oxime groups is 2. The molecule has 140 valence electrons. The third-order valence-electron chi connectivity index (χ3n) is 3.63. The highest BCUT2D eigenvalue weighted by Crippen LogP contribution is 2.13. The van der Waals surface area contributed by atoms with Gasteiger partial charge in [-0.15, -0.1) is 0 Å². The number of hydrogen-bond acceptors (Lipinski definition) is 7. The van der Waals surface area contributed by atoms with E-state index in [0.29, 0.717) is 28.3 Å². The first-order valence-corrected chi connectivity index (χ1v) is 8.29. The van der Waals surface area contributed by atoms with Crippen molar-refractivity contribution in [1.29, 1.82) is 0 Å². The van der Waals surface area contributed by atoms with Gasteiger partial charge in [0.1, 0.15) is 17.2 Å². The second-order valence-corrected chi connectivity index (χ2v) is 5.55. The SMILES string of the molecule is COc1cccc(C(=O)ON=C2C=CC(=NOC(=O)c3ccccc3)C=C2)c1. The van der Waals surface area contributed by atoms with Gasteiger partial charge in [-0.25, -0.2) is 9.59 Å². The lowest BCUT2D eigenvalue weighted by molar-refractivity contribution is 0.0507. The lowest BCUT2D eigenvalue weighted by Gasteiger charge is -2.04. The molecular formula is C21H16N2O5. The fourth-order valence-corrected chi connectivity index (χ4v) is 2.19. The van der Waals surface area contributed by atoms with E-state index in [-0.39, 0.29) is 0 Å². The number of hydrogen-bond donors (Lipinski definition) is 0. The van der Waals surface area contributed by atoms with Crippen LogP contribution >= 0.6 is 0 Å². The summed E-state index contributed by atoms with van der Waals surface area (Å²) >= 11 is 0. The zero-order chi connectivity index (χ0) is 19.8. The van der Waals surface area contributed by atoms with E-state index in [1.54, 1.807) is 78.9 Å². The highest BCUT2D eigenvalue weighted by molar-refractivity contribution is 6.18. The van der Waals surface area contributed by atoms with Crippen molar-refractivity contribution in [2.24, 2.45) is 10.3 Å². The Kier molecular flexibility index (Phi) is 6.10. The van der Waals surface area contributed by atoms with Crippen LogP contribution in [0.15, 0.2) is 89.2 Å². The van der Waals surface area contributed by atoms with Crippen LogP contribution in [0.5, 0.6) is 5.75 Å². The summed E-state index contributed by atoms with van der Waals surface area (Å²) in [6.07, 6.45) is 6.31. The first-order chi connectivity index (χ1) is 13.7. The van der Waals surface area contributed by atoms with Crippen molar-refractivity contribution < 1.29 is 24.0 Å². The topological polar surface area (TPSA) is 86.6 Å². The Morgan fingerprint density at radius 2 is 1.25 bits per heavy atom. The maximum absolute atomic E-state index is 12.0. The monoisotopic (exact) mass is 376 g/mol. The number of allylic oxidation sites excluding steroid dienone is 4. The lowest BCUT2D eigenvalue weighted by atomic mass is 10.1. The molecule has 0 amide bonds. The predicted molar refractivity (Wildman–Crippen MR) is 103 cm³/mol. The molecule has 0 bridgehead atoms. The lowest BCUT2D eigenvalue weighted by Crippen LogP contribution is -2.07. The molecule has 0 unspecified atom stereocenters. The van der Waals surface area contributed by atoms with E-state index in [0.717, 1.165) is 0 Å². The molecule has 2 aromatic rings. The Morgan fingerprint density at radius 3 is 1.82 bits per heavy atom. The number of benzene rings is 2. The van der Waals surface area contributed by atoms with Gasteiger partial charge in [-0.2, -0.15) is 0 Å². The summed E-state index contributed by atoms with van der Waals surface area (Å²) < 4.78 is 5.06. The smallest absolute Gasteiger partial charge is 0.365 e. The van der Waals surface area contributed by atoms with Crippen molar-refractivity contribution in [1.82, 2.24) is 0 Å². The number of nitrogens with zero attached hydrogens (tertiary/aromatic N) is 2. The molecule has 0 aliphatic heterocycles. The Bertz CT molecular complexity index is 973. The Morgan fingerprint density at radius 1 is 0.714 bits per heavy atom. The summed E-state index contributed by atoms with van der Waals surface area (Å²) in [5.41, 5.74) is 1.55. The predicted octanol–water partition coefficient (Wildman–Crippen LogP) is 3.55. The summed E-state index contributed by atoms with van der Waals surface area (Å²) in [4.78, 5) is 33.7. The Labute approximate surface area is 161 Å². The van der Waals surface area contributed by atoms with Gasteiger partial charge >= 0.3 is 11.9 Å². The maximum atomic E-state index is 12.0. The van der Waals surface area contributed by atoms with Crippen LogP contribution < -0.4 is 4.74 Å². The summed E-state index contributed by atoms with van der Waals surface area (Å²) in [5, 5.41) is 7.55. The molecule has 3 rings (SSSR count). The molecule has 7 heteroatoms. The van der Waals surface area contributed by atoms with Gasteiger partial charge in [-0.1, -0.05) is 34.6 Å². The molecule has 1 aliphatic carbocycles. The standard InChI is InChI=1S/C21H16N2O5/c1-26-19-9-5-8-16(14-19)21(25)28-23-18-12-10-17(11-13-18)22-27-20(24)15-6-3-2-4-7-15/h2-14H,1H3. The second kappa shape index (κ2) is 9.09. The van der Waals surface area contributed by atoms with E-state index in [1.807, 2.05) is 0 Å². The summed E-state index contributed by atoms with van der Waals surface area (Å²) in [6, 6.07) is 15.1. The Balaban J connectivity index is 1.56. The molecule has 28 heavy (non-hydrogen) atoms.